The van der Waals surface area contributed by atoms with E-state index in [1.807, 2.05) is 39.0 Å². The van der Waals surface area contributed by atoms with Gasteiger partial charge in [-0.2, -0.15) is 0 Å². The first-order valence-corrected chi connectivity index (χ1v) is 13.8. The quantitative estimate of drug-likeness (QED) is 0.441. The van der Waals surface area contributed by atoms with Gasteiger partial charge in [0.25, 0.3) is 5.91 Å². The smallest absolute Gasteiger partial charge is 0.410 e. The normalized spacial score (nSPS) is 21.3. The monoisotopic (exact) mass is 556 g/mol. The van der Waals surface area contributed by atoms with E-state index in [9.17, 15) is 19.2 Å². The summed E-state index contributed by atoms with van der Waals surface area (Å²) in [7, 11) is 0. The van der Waals surface area contributed by atoms with Crippen molar-refractivity contribution < 1.29 is 23.9 Å². The van der Waals surface area contributed by atoms with Crippen LogP contribution in [-0.2, 0) is 20.9 Å². The topological polar surface area (TPSA) is 125 Å². The molecule has 0 saturated carbocycles. The van der Waals surface area contributed by atoms with E-state index < -0.39 is 17.6 Å². The first kappa shape index (κ1) is 26.7. The molecule has 11 heteroatoms. The molecule has 1 unspecified atom stereocenters. The van der Waals surface area contributed by atoms with Gasteiger partial charge in [-0.1, -0.05) is 5.92 Å². The summed E-state index contributed by atoms with van der Waals surface area (Å²) in [6.07, 6.45) is 1.27. The lowest BCUT2D eigenvalue weighted by molar-refractivity contribution is -0.136. The lowest BCUT2D eigenvalue weighted by Gasteiger charge is -2.47. The molecule has 6 rings (SSSR count). The number of rotatable bonds is 2. The number of carbonyl (C=O) groups excluding carboxylic acids is 4. The molecule has 4 aliphatic rings. The van der Waals surface area contributed by atoms with Crippen molar-refractivity contribution in [3.63, 3.8) is 0 Å². The maximum atomic E-state index is 12.9. The van der Waals surface area contributed by atoms with Crippen LogP contribution in [-0.4, -0.2) is 81.6 Å². The van der Waals surface area contributed by atoms with Crippen molar-refractivity contribution in [1.29, 1.82) is 0 Å². The maximum absolute atomic E-state index is 12.9. The molecule has 1 aromatic carbocycles. The van der Waals surface area contributed by atoms with Gasteiger partial charge in [0.1, 0.15) is 17.3 Å². The van der Waals surface area contributed by atoms with Crippen molar-refractivity contribution in [2.45, 2.75) is 58.2 Å². The first-order chi connectivity index (χ1) is 19.5. The number of amides is 4. The van der Waals surface area contributed by atoms with Gasteiger partial charge >= 0.3 is 6.09 Å². The summed E-state index contributed by atoms with van der Waals surface area (Å²) in [5, 5.41) is 11.0. The van der Waals surface area contributed by atoms with Gasteiger partial charge in [-0.15, -0.1) is 10.2 Å². The van der Waals surface area contributed by atoms with Gasteiger partial charge in [0, 0.05) is 55.7 Å². The number of fused-ring (bicyclic) bond motifs is 1. The number of ether oxygens (including phenoxy) is 1. The number of hydrogen-bond acceptors (Lipinski definition) is 8. The van der Waals surface area contributed by atoms with Gasteiger partial charge in [-0.3, -0.25) is 19.7 Å². The van der Waals surface area contributed by atoms with E-state index in [-0.39, 0.29) is 29.7 Å². The first-order valence-electron chi connectivity index (χ1n) is 13.8. The minimum atomic E-state index is -0.644. The molecule has 3 fully saturated rings. The summed E-state index contributed by atoms with van der Waals surface area (Å²) in [6.45, 7) is 8.96. The number of nitrogens with zero attached hydrogens (tertiary/aromatic N) is 5. The number of benzene rings is 1. The number of piperidine rings is 1. The molecule has 1 aromatic heterocycles. The molecule has 0 radical (unpaired) electrons. The number of anilines is 1. The third kappa shape index (κ3) is 5.34. The average Bonchev–Trinajstić information content (AvgIpc) is 3.48. The molecule has 5 heterocycles. The highest BCUT2D eigenvalue weighted by Gasteiger charge is 2.50. The van der Waals surface area contributed by atoms with Crippen LogP contribution in [0, 0.1) is 17.3 Å². The minimum Gasteiger partial charge on any atom is -0.444 e. The van der Waals surface area contributed by atoms with E-state index in [2.05, 4.69) is 32.3 Å². The summed E-state index contributed by atoms with van der Waals surface area (Å²) in [5.74, 6) is 5.98. The second-order valence-electron chi connectivity index (χ2n) is 12.3. The Morgan fingerprint density at radius 3 is 2.59 bits per heavy atom. The molecule has 4 amide bonds. The fourth-order valence-corrected chi connectivity index (χ4v) is 5.96. The van der Waals surface area contributed by atoms with Crippen LogP contribution in [0.2, 0.25) is 0 Å². The Morgan fingerprint density at radius 1 is 1.07 bits per heavy atom. The second kappa shape index (κ2) is 9.87. The van der Waals surface area contributed by atoms with Gasteiger partial charge in [0.05, 0.1) is 0 Å². The van der Waals surface area contributed by atoms with Crippen molar-refractivity contribution in [2.75, 3.05) is 31.1 Å². The molecule has 4 aliphatic heterocycles. The lowest BCUT2D eigenvalue weighted by atomic mass is 9.79. The van der Waals surface area contributed by atoms with Crippen molar-refractivity contribution in [1.82, 2.24) is 25.3 Å². The standard InChI is InChI=1S/C30H32N6O5/c1-29(2,3)41-28(40)35-17-30(18-35)12-13-34(16-30)24-10-7-21(32-33-24)6-4-19-5-8-22-20(14-19)15-36(27(22)39)23-9-11-25(37)31-26(23)38/h5,7-8,10,14,23H,9,11-13,15-18H2,1-3H3,(H,31,37,38). The summed E-state index contributed by atoms with van der Waals surface area (Å²) in [4.78, 5) is 54.4. The van der Waals surface area contributed by atoms with E-state index in [4.69, 9.17) is 4.74 Å². The van der Waals surface area contributed by atoms with Crippen LogP contribution in [0.1, 0.15) is 67.2 Å². The van der Waals surface area contributed by atoms with Crippen molar-refractivity contribution in [3.8, 4) is 11.8 Å². The van der Waals surface area contributed by atoms with E-state index in [0.29, 0.717) is 37.3 Å². The predicted molar refractivity (Wildman–Crippen MR) is 148 cm³/mol. The van der Waals surface area contributed by atoms with Gasteiger partial charge in [-0.25, -0.2) is 4.79 Å². The van der Waals surface area contributed by atoms with Crippen molar-refractivity contribution in [3.05, 3.63) is 52.7 Å². The summed E-state index contributed by atoms with van der Waals surface area (Å²) in [5.41, 5.74) is 2.18. The summed E-state index contributed by atoms with van der Waals surface area (Å²) >= 11 is 0. The molecular weight excluding hydrogens is 524 g/mol. The maximum Gasteiger partial charge on any atom is 0.410 e. The van der Waals surface area contributed by atoms with E-state index in [1.165, 1.54) is 4.90 Å². The van der Waals surface area contributed by atoms with Crippen molar-refractivity contribution >= 4 is 29.6 Å². The number of aromatic nitrogens is 2. The fourth-order valence-electron chi connectivity index (χ4n) is 5.96. The molecule has 0 bridgehead atoms. The summed E-state index contributed by atoms with van der Waals surface area (Å²) < 4.78 is 5.48. The molecule has 3 saturated heterocycles. The van der Waals surface area contributed by atoms with Crippen LogP contribution in [0.4, 0.5) is 10.6 Å². The molecule has 1 spiro atoms. The average molecular weight is 557 g/mol. The van der Waals surface area contributed by atoms with Gasteiger partial charge in [0.15, 0.2) is 5.82 Å². The number of carbonyl (C=O) groups is 4. The number of imide groups is 1. The lowest BCUT2D eigenvalue weighted by Crippen LogP contribution is -2.60. The fraction of sp³-hybridized carbons (Fsp3) is 0.467. The Bertz CT molecular complexity index is 1500. The number of hydrogen-bond donors (Lipinski definition) is 1. The molecular formula is C30H32N6O5. The summed E-state index contributed by atoms with van der Waals surface area (Å²) in [6, 6.07) is 8.49. The Hall–Kier alpha value is -4.46. The van der Waals surface area contributed by atoms with Crippen LogP contribution >= 0.6 is 0 Å². The van der Waals surface area contributed by atoms with Crippen LogP contribution in [0.5, 0.6) is 0 Å². The molecule has 212 valence electrons. The highest BCUT2D eigenvalue weighted by atomic mass is 16.6. The van der Waals surface area contributed by atoms with Gasteiger partial charge < -0.3 is 19.4 Å². The molecule has 11 nitrogen and oxygen atoms in total. The molecule has 41 heavy (non-hydrogen) atoms. The van der Waals surface area contributed by atoms with Gasteiger partial charge in [-0.05, 0) is 75.4 Å². The van der Waals surface area contributed by atoms with Crippen LogP contribution in [0.25, 0.3) is 0 Å². The Labute approximate surface area is 238 Å². The Kier molecular flexibility index (Phi) is 6.44. The molecule has 0 aliphatic carbocycles. The second-order valence-corrected chi connectivity index (χ2v) is 12.3. The highest BCUT2D eigenvalue weighted by molar-refractivity contribution is 6.05. The zero-order valence-electron chi connectivity index (χ0n) is 23.4. The number of likely N-dealkylation sites (tertiary alicyclic amines) is 1. The predicted octanol–water partition coefficient (Wildman–Crippen LogP) is 2.08. The third-order valence-electron chi connectivity index (χ3n) is 7.98. The largest absolute Gasteiger partial charge is 0.444 e. The SMILES string of the molecule is CC(C)(C)OC(=O)N1CC2(CCN(c3ccc(C#Cc4ccc5c(c4)CN(C4CCC(=O)NC4=O)C5=O)nn3)C2)C1. The Morgan fingerprint density at radius 2 is 1.88 bits per heavy atom. The van der Waals surface area contributed by atoms with E-state index in [0.717, 1.165) is 36.5 Å². The van der Waals surface area contributed by atoms with Gasteiger partial charge in [0.2, 0.25) is 11.8 Å². The minimum absolute atomic E-state index is 0.0692. The van der Waals surface area contributed by atoms with E-state index in [1.54, 1.807) is 17.0 Å². The van der Waals surface area contributed by atoms with Crippen LogP contribution < -0.4 is 10.2 Å². The zero-order chi connectivity index (χ0) is 28.9. The van der Waals surface area contributed by atoms with Crippen molar-refractivity contribution in [2.24, 2.45) is 5.41 Å². The van der Waals surface area contributed by atoms with Crippen LogP contribution in [0.15, 0.2) is 30.3 Å². The van der Waals surface area contributed by atoms with E-state index >= 15 is 0 Å². The molecule has 1 atom stereocenters. The Balaban J connectivity index is 1.06. The molecule has 1 N–H and O–H groups in total. The molecule has 2 aromatic rings. The third-order valence-corrected chi connectivity index (χ3v) is 7.98. The van der Waals surface area contributed by atoms with Crippen LogP contribution in [0.3, 0.4) is 0 Å². The highest BCUT2D eigenvalue weighted by Crippen LogP contribution is 2.41. The zero-order valence-corrected chi connectivity index (χ0v) is 23.4. The number of nitrogens with one attached hydrogen (secondary N) is 1.